The van der Waals surface area contributed by atoms with Crippen molar-refractivity contribution in [2.45, 2.75) is 38.5 Å². The van der Waals surface area contributed by atoms with Crippen LogP contribution in [0.5, 0.6) is 0 Å². The molecule has 0 atom stereocenters. The average Bonchev–Trinajstić information content (AvgIpc) is 3.31. The molecule has 0 saturated heterocycles. The predicted octanol–water partition coefficient (Wildman–Crippen LogP) is 3.11. The maximum absolute atomic E-state index is 13.6. The third-order valence-electron chi connectivity index (χ3n) is 5.27. The van der Waals surface area contributed by atoms with E-state index in [1.165, 1.54) is 38.2 Å². The SMILES string of the molecule is CN=C(NCCc1ccccc1F)NCC1(C2CC2)CCC1. The van der Waals surface area contributed by atoms with Crippen molar-refractivity contribution in [3.05, 3.63) is 35.6 Å². The molecule has 2 N–H and O–H groups in total. The van der Waals surface area contributed by atoms with Crippen molar-refractivity contribution in [2.24, 2.45) is 16.3 Å². The van der Waals surface area contributed by atoms with Gasteiger partial charge in [0.25, 0.3) is 0 Å². The molecule has 0 aliphatic heterocycles. The van der Waals surface area contributed by atoms with Crippen LogP contribution in [0.3, 0.4) is 0 Å². The zero-order chi connectivity index (χ0) is 15.4. The lowest BCUT2D eigenvalue weighted by Gasteiger charge is -2.43. The van der Waals surface area contributed by atoms with Crippen LogP contribution in [-0.2, 0) is 6.42 Å². The van der Waals surface area contributed by atoms with Crippen LogP contribution in [0, 0.1) is 17.2 Å². The standard InChI is InChI=1S/C18H26FN3/c1-20-17(21-12-9-14-5-2-3-6-16(14)19)22-13-18(10-4-11-18)15-7-8-15/h2-3,5-6,15H,4,7-13H2,1H3,(H2,20,21,22). The van der Waals surface area contributed by atoms with E-state index < -0.39 is 0 Å². The first-order valence-electron chi connectivity index (χ1n) is 8.41. The van der Waals surface area contributed by atoms with Crippen LogP contribution < -0.4 is 10.6 Å². The number of hydrogen-bond acceptors (Lipinski definition) is 1. The summed E-state index contributed by atoms with van der Waals surface area (Å²) in [5.74, 6) is 1.64. The molecule has 0 heterocycles. The van der Waals surface area contributed by atoms with E-state index >= 15 is 0 Å². The van der Waals surface area contributed by atoms with E-state index in [1.807, 2.05) is 12.1 Å². The summed E-state index contributed by atoms with van der Waals surface area (Å²) in [7, 11) is 1.79. The molecule has 0 aromatic heterocycles. The lowest BCUT2D eigenvalue weighted by atomic mass is 9.65. The average molecular weight is 303 g/mol. The number of nitrogens with zero attached hydrogens (tertiary/aromatic N) is 1. The quantitative estimate of drug-likeness (QED) is 0.626. The summed E-state index contributed by atoms with van der Waals surface area (Å²) in [4.78, 5) is 4.28. The van der Waals surface area contributed by atoms with Gasteiger partial charge in [-0.25, -0.2) is 4.39 Å². The summed E-state index contributed by atoms with van der Waals surface area (Å²) < 4.78 is 13.6. The van der Waals surface area contributed by atoms with Gasteiger partial charge in [0.2, 0.25) is 0 Å². The molecule has 0 amide bonds. The smallest absolute Gasteiger partial charge is 0.191 e. The van der Waals surface area contributed by atoms with Gasteiger partial charge in [0.1, 0.15) is 5.82 Å². The maximum Gasteiger partial charge on any atom is 0.191 e. The summed E-state index contributed by atoms with van der Waals surface area (Å²) in [6.07, 6.45) is 7.56. The number of benzene rings is 1. The zero-order valence-corrected chi connectivity index (χ0v) is 13.4. The van der Waals surface area contributed by atoms with Gasteiger partial charge in [-0.15, -0.1) is 0 Å². The molecule has 2 aliphatic carbocycles. The number of hydrogen-bond donors (Lipinski definition) is 2. The van der Waals surface area contributed by atoms with Crippen molar-refractivity contribution >= 4 is 5.96 Å². The summed E-state index contributed by atoms with van der Waals surface area (Å²) in [5.41, 5.74) is 1.28. The van der Waals surface area contributed by atoms with Crippen molar-refractivity contribution < 1.29 is 4.39 Å². The molecule has 2 aliphatic rings. The first kappa shape index (κ1) is 15.3. The Morgan fingerprint density at radius 3 is 2.64 bits per heavy atom. The van der Waals surface area contributed by atoms with Gasteiger partial charge in [0, 0.05) is 20.1 Å². The molecule has 3 nitrogen and oxygen atoms in total. The van der Waals surface area contributed by atoms with Gasteiger partial charge in [0.15, 0.2) is 5.96 Å². The minimum Gasteiger partial charge on any atom is -0.356 e. The molecule has 1 aromatic rings. The monoisotopic (exact) mass is 303 g/mol. The minimum atomic E-state index is -0.130. The van der Waals surface area contributed by atoms with Gasteiger partial charge < -0.3 is 10.6 Å². The Morgan fingerprint density at radius 2 is 2.05 bits per heavy atom. The topological polar surface area (TPSA) is 36.4 Å². The number of halogens is 1. The maximum atomic E-state index is 13.6. The zero-order valence-electron chi connectivity index (χ0n) is 13.4. The molecular formula is C18H26FN3. The Balaban J connectivity index is 1.43. The molecule has 0 bridgehead atoms. The van der Waals surface area contributed by atoms with Crippen LogP contribution >= 0.6 is 0 Å². The van der Waals surface area contributed by atoms with Crippen molar-refractivity contribution in [3.63, 3.8) is 0 Å². The van der Waals surface area contributed by atoms with Gasteiger partial charge in [-0.3, -0.25) is 4.99 Å². The van der Waals surface area contributed by atoms with E-state index in [9.17, 15) is 4.39 Å². The van der Waals surface area contributed by atoms with Gasteiger partial charge in [-0.05, 0) is 55.1 Å². The molecule has 0 radical (unpaired) electrons. The number of guanidine groups is 1. The summed E-state index contributed by atoms with van der Waals surface area (Å²) in [6.45, 7) is 1.72. The fraction of sp³-hybridized carbons (Fsp3) is 0.611. The Hall–Kier alpha value is -1.58. The summed E-state index contributed by atoms with van der Waals surface area (Å²) in [5, 5.41) is 6.78. The second kappa shape index (κ2) is 6.67. The summed E-state index contributed by atoms with van der Waals surface area (Å²) >= 11 is 0. The third kappa shape index (κ3) is 3.42. The molecule has 4 heteroatoms. The Morgan fingerprint density at radius 1 is 1.27 bits per heavy atom. The Labute approximate surface area is 132 Å². The molecule has 3 rings (SSSR count). The van der Waals surface area contributed by atoms with Gasteiger partial charge in [-0.1, -0.05) is 24.6 Å². The Bertz CT molecular complexity index is 533. The lowest BCUT2D eigenvalue weighted by molar-refractivity contribution is 0.106. The van der Waals surface area contributed by atoms with Crippen LogP contribution in [0.25, 0.3) is 0 Å². The largest absolute Gasteiger partial charge is 0.356 e. The van der Waals surface area contributed by atoms with Crippen LogP contribution in [0.1, 0.15) is 37.7 Å². The lowest BCUT2D eigenvalue weighted by Crippen LogP contribution is -2.47. The van der Waals surface area contributed by atoms with Gasteiger partial charge in [-0.2, -0.15) is 0 Å². The molecule has 1 aromatic carbocycles. The number of nitrogens with one attached hydrogen (secondary N) is 2. The molecule has 2 saturated carbocycles. The molecule has 0 unspecified atom stereocenters. The number of rotatable bonds is 6. The second-order valence-corrected chi connectivity index (χ2v) is 6.68. The highest BCUT2D eigenvalue weighted by Crippen LogP contribution is 2.56. The second-order valence-electron chi connectivity index (χ2n) is 6.68. The van der Waals surface area contributed by atoms with E-state index in [2.05, 4.69) is 15.6 Å². The van der Waals surface area contributed by atoms with Crippen molar-refractivity contribution in [3.8, 4) is 0 Å². The van der Waals surface area contributed by atoms with E-state index in [1.54, 1.807) is 13.1 Å². The Kier molecular flexibility index (Phi) is 4.65. The molecule has 2 fully saturated rings. The van der Waals surface area contributed by atoms with Crippen LogP contribution in [0.2, 0.25) is 0 Å². The van der Waals surface area contributed by atoms with E-state index in [0.717, 1.165) is 24.0 Å². The molecule has 0 spiro atoms. The fourth-order valence-corrected chi connectivity index (χ4v) is 3.55. The predicted molar refractivity (Wildman–Crippen MR) is 88.5 cm³/mol. The third-order valence-corrected chi connectivity index (χ3v) is 5.27. The first-order chi connectivity index (χ1) is 10.7. The van der Waals surface area contributed by atoms with E-state index in [0.29, 0.717) is 18.4 Å². The first-order valence-corrected chi connectivity index (χ1v) is 8.41. The van der Waals surface area contributed by atoms with Crippen LogP contribution in [0.15, 0.2) is 29.3 Å². The highest BCUT2D eigenvalue weighted by Gasteiger charge is 2.48. The van der Waals surface area contributed by atoms with E-state index in [-0.39, 0.29) is 5.82 Å². The minimum absolute atomic E-state index is 0.130. The van der Waals surface area contributed by atoms with Crippen LogP contribution in [0.4, 0.5) is 4.39 Å². The highest BCUT2D eigenvalue weighted by atomic mass is 19.1. The summed E-state index contributed by atoms with van der Waals surface area (Å²) in [6, 6.07) is 6.95. The number of aliphatic imine (C=N–C) groups is 1. The normalized spacial score (nSPS) is 20.4. The molecule has 120 valence electrons. The van der Waals surface area contributed by atoms with Gasteiger partial charge >= 0.3 is 0 Å². The molecular weight excluding hydrogens is 277 g/mol. The molecule has 22 heavy (non-hydrogen) atoms. The van der Waals surface area contributed by atoms with Crippen molar-refractivity contribution in [1.29, 1.82) is 0 Å². The highest BCUT2D eigenvalue weighted by molar-refractivity contribution is 5.79. The van der Waals surface area contributed by atoms with Crippen molar-refractivity contribution in [2.75, 3.05) is 20.1 Å². The van der Waals surface area contributed by atoms with Crippen molar-refractivity contribution in [1.82, 2.24) is 10.6 Å². The van der Waals surface area contributed by atoms with E-state index in [4.69, 9.17) is 0 Å². The fourth-order valence-electron chi connectivity index (χ4n) is 3.55. The van der Waals surface area contributed by atoms with Crippen LogP contribution in [-0.4, -0.2) is 26.1 Å². The van der Waals surface area contributed by atoms with Gasteiger partial charge in [0.05, 0.1) is 0 Å².